The van der Waals surface area contributed by atoms with Crippen LogP contribution in [0.2, 0.25) is 0 Å². The lowest BCUT2D eigenvalue weighted by Gasteiger charge is -2.14. The van der Waals surface area contributed by atoms with Gasteiger partial charge in [0.2, 0.25) is 6.54 Å². The summed E-state index contributed by atoms with van der Waals surface area (Å²) in [5.41, 5.74) is 3.60. The number of fused-ring (bicyclic) bond motifs is 1. The molecule has 1 aliphatic heterocycles. The highest BCUT2D eigenvalue weighted by Crippen LogP contribution is 2.25. The molecule has 1 amide bonds. The molecular weight excluding hydrogens is 250 g/mol. The van der Waals surface area contributed by atoms with Crippen molar-refractivity contribution in [2.24, 2.45) is 0 Å². The third-order valence-electron chi connectivity index (χ3n) is 3.39. The molecule has 0 saturated carbocycles. The summed E-state index contributed by atoms with van der Waals surface area (Å²) >= 11 is 0. The zero-order valence-electron chi connectivity index (χ0n) is 10.9. The van der Waals surface area contributed by atoms with Crippen LogP contribution in [-0.4, -0.2) is 15.8 Å². The topological polar surface area (TPSA) is 37.6 Å². The van der Waals surface area contributed by atoms with Crippen molar-refractivity contribution >= 4 is 5.91 Å². The quantitative estimate of drug-likeness (QED) is 0.798. The molecule has 20 heavy (non-hydrogen) atoms. The van der Waals surface area contributed by atoms with E-state index in [1.54, 1.807) is 11.1 Å². The Bertz CT molecular complexity index is 689. The van der Waals surface area contributed by atoms with Crippen molar-refractivity contribution in [3.05, 3.63) is 76.4 Å². The van der Waals surface area contributed by atoms with E-state index in [1.807, 2.05) is 36.4 Å². The number of rotatable bonds is 3. The van der Waals surface area contributed by atoms with Crippen LogP contribution < -0.4 is 0 Å². The Morgan fingerprint density at radius 2 is 2.20 bits per heavy atom. The minimum atomic E-state index is 0.0417. The fraction of sp³-hybridized carbons (Fsp3) is 0.188. The van der Waals surface area contributed by atoms with E-state index in [9.17, 15) is 4.79 Å². The first-order valence-corrected chi connectivity index (χ1v) is 6.42. The standard InChI is InChI=1S/C16H13N3O/c1-17-9-12-5-6-15-13(8-12)10-19(16(15)20)11-14-4-2-3-7-18-14/h2-8H,9-11H2. The van der Waals surface area contributed by atoms with Crippen LogP contribution in [0.1, 0.15) is 27.2 Å². The van der Waals surface area contributed by atoms with Crippen molar-refractivity contribution < 1.29 is 4.79 Å². The normalized spacial score (nSPS) is 13.2. The molecule has 2 aromatic rings. The largest absolute Gasteiger partial charge is 0.328 e. The fourth-order valence-electron chi connectivity index (χ4n) is 2.44. The summed E-state index contributed by atoms with van der Waals surface area (Å²) in [6.45, 7) is 8.38. The van der Waals surface area contributed by atoms with E-state index in [2.05, 4.69) is 9.83 Å². The molecule has 1 aromatic heterocycles. The lowest BCUT2D eigenvalue weighted by Crippen LogP contribution is -2.23. The van der Waals surface area contributed by atoms with Crippen molar-refractivity contribution in [1.29, 1.82) is 0 Å². The van der Waals surface area contributed by atoms with Crippen LogP contribution in [0.3, 0.4) is 0 Å². The molecule has 0 atom stereocenters. The average Bonchev–Trinajstić information content (AvgIpc) is 2.77. The van der Waals surface area contributed by atoms with E-state index < -0.39 is 0 Å². The van der Waals surface area contributed by atoms with Crippen molar-refractivity contribution in [2.45, 2.75) is 19.6 Å². The number of hydrogen-bond acceptors (Lipinski definition) is 2. The number of aromatic nitrogens is 1. The van der Waals surface area contributed by atoms with E-state index in [0.717, 1.165) is 22.4 Å². The first kappa shape index (κ1) is 12.4. The number of carbonyl (C=O) groups is 1. The van der Waals surface area contributed by atoms with Crippen LogP contribution in [0.25, 0.3) is 4.85 Å². The highest BCUT2D eigenvalue weighted by molar-refractivity contribution is 5.98. The van der Waals surface area contributed by atoms with Gasteiger partial charge in [0.05, 0.1) is 12.2 Å². The molecule has 0 aliphatic carbocycles. The second kappa shape index (κ2) is 5.14. The van der Waals surface area contributed by atoms with Crippen LogP contribution in [0.15, 0.2) is 42.6 Å². The molecule has 0 fully saturated rings. The summed E-state index contributed by atoms with van der Waals surface area (Å²) in [7, 11) is 0. The second-order valence-electron chi connectivity index (χ2n) is 4.79. The van der Waals surface area contributed by atoms with E-state index in [1.165, 1.54) is 0 Å². The molecule has 98 valence electrons. The molecule has 1 aromatic carbocycles. The molecular formula is C16H13N3O. The van der Waals surface area contributed by atoms with Crippen LogP contribution in [0.5, 0.6) is 0 Å². The van der Waals surface area contributed by atoms with Gasteiger partial charge >= 0.3 is 0 Å². The van der Waals surface area contributed by atoms with Crippen LogP contribution >= 0.6 is 0 Å². The van der Waals surface area contributed by atoms with Gasteiger partial charge in [-0.15, -0.1) is 0 Å². The Kier molecular flexibility index (Phi) is 3.18. The smallest absolute Gasteiger partial charge is 0.254 e. The van der Waals surface area contributed by atoms with Crippen molar-refractivity contribution in [2.75, 3.05) is 0 Å². The minimum absolute atomic E-state index is 0.0417. The maximum atomic E-state index is 12.3. The monoisotopic (exact) mass is 263 g/mol. The second-order valence-corrected chi connectivity index (χ2v) is 4.79. The summed E-state index contributed by atoms with van der Waals surface area (Å²) in [6.07, 6.45) is 1.73. The number of amides is 1. The third-order valence-corrected chi connectivity index (χ3v) is 3.39. The molecule has 0 unspecified atom stereocenters. The predicted octanol–water partition coefficient (Wildman–Crippen LogP) is 2.66. The van der Waals surface area contributed by atoms with Gasteiger partial charge < -0.3 is 9.74 Å². The minimum Gasteiger partial charge on any atom is -0.328 e. The Labute approximate surface area is 117 Å². The van der Waals surface area contributed by atoms with Crippen LogP contribution in [0, 0.1) is 6.57 Å². The third kappa shape index (κ3) is 2.26. The average molecular weight is 263 g/mol. The lowest BCUT2D eigenvalue weighted by molar-refractivity contribution is 0.0764. The van der Waals surface area contributed by atoms with Gasteiger partial charge in [-0.2, -0.15) is 0 Å². The lowest BCUT2D eigenvalue weighted by atomic mass is 10.1. The number of nitrogens with zero attached hydrogens (tertiary/aromatic N) is 3. The maximum absolute atomic E-state index is 12.3. The van der Waals surface area contributed by atoms with Crippen LogP contribution in [-0.2, 0) is 19.6 Å². The summed E-state index contributed by atoms with van der Waals surface area (Å²) in [6, 6.07) is 11.4. The zero-order chi connectivity index (χ0) is 13.9. The first-order valence-electron chi connectivity index (χ1n) is 6.42. The molecule has 0 saturated heterocycles. The predicted molar refractivity (Wildman–Crippen MR) is 74.6 cm³/mol. The summed E-state index contributed by atoms with van der Waals surface area (Å²) < 4.78 is 0. The van der Waals surface area contributed by atoms with Gasteiger partial charge in [-0.3, -0.25) is 9.78 Å². The van der Waals surface area contributed by atoms with Gasteiger partial charge in [-0.1, -0.05) is 12.1 Å². The van der Waals surface area contributed by atoms with Gasteiger partial charge in [-0.25, -0.2) is 6.57 Å². The number of pyridine rings is 1. The van der Waals surface area contributed by atoms with Crippen LogP contribution in [0.4, 0.5) is 0 Å². The molecule has 4 heteroatoms. The number of benzene rings is 1. The zero-order valence-corrected chi connectivity index (χ0v) is 10.9. The highest BCUT2D eigenvalue weighted by Gasteiger charge is 2.27. The highest BCUT2D eigenvalue weighted by atomic mass is 16.2. The molecule has 0 spiro atoms. The molecule has 0 radical (unpaired) electrons. The number of hydrogen-bond donors (Lipinski definition) is 0. The molecule has 0 N–H and O–H groups in total. The van der Waals surface area contributed by atoms with Crippen molar-refractivity contribution in [1.82, 2.24) is 9.88 Å². The van der Waals surface area contributed by atoms with Gasteiger partial charge in [0.15, 0.2) is 0 Å². The van der Waals surface area contributed by atoms with E-state index in [4.69, 9.17) is 6.57 Å². The molecule has 0 bridgehead atoms. The number of carbonyl (C=O) groups excluding carboxylic acids is 1. The van der Waals surface area contributed by atoms with Gasteiger partial charge in [0, 0.05) is 23.9 Å². The molecule has 2 heterocycles. The Morgan fingerprint density at radius 3 is 2.95 bits per heavy atom. The molecule has 1 aliphatic rings. The molecule has 4 nitrogen and oxygen atoms in total. The van der Waals surface area contributed by atoms with E-state index in [0.29, 0.717) is 19.6 Å². The summed E-state index contributed by atoms with van der Waals surface area (Å²) in [5.74, 6) is 0.0417. The van der Waals surface area contributed by atoms with Gasteiger partial charge in [0.1, 0.15) is 0 Å². The summed E-state index contributed by atoms with van der Waals surface area (Å²) in [5, 5.41) is 0. The van der Waals surface area contributed by atoms with E-state index >= 15 is 0 Å². The SMILES string of the molecule is [C-]#[N+]Cc1ccc2c(c1)CN(Cc1ccccn1)C2=O. The van der Waals surface area contributed by atoms with E-state index in [-0.39, 0.29) is 5.91 Å². The van der Waals surface area contributed by atoms with Crippen molar-refractivity contribution in [3.63, 3.8) is 0 Å². The Balaban J connectivity index is 1.82. The Morgan fingerprint density at radius 1 is 1.30 bits per heavy atom. The first-order chi connectivity index (χ1) is 9.78. The van der Waals surface area contributed by atoms with Gasteiger partial charge in [0.25, 0.3) is 5.91 Å². The Hall–Kier alpha value is -2.67. The fourth-order valence-corrected chi connectivity index (χ4v) is 2.44. The van der Waals surface area contributed by atoms with Gasteiger partial charge in [-0.05, 0) is 29.8 Å². The van der Waals surface area contributed by atoms with Crippen molar-refractivity contribution in [3.8, 4) is 0 Å². The molecule has 3 rings (SSSR count). The summed E-state index contributed by atoms with van der Waals surface area (Å²) in [4.78, 5) is 21.7. The maximum Gasteiger partial charge on any atom is 0.254 e.